The molecule has 1 amide bonds. The van der Waals surface area contributed by atoms with Gasteiger partial charge in [0.05, 0.1) is 17.2 Å². The number of carbonyl (C=O) groups is 1. The summed E-state index contributed by atoms with van der Waals surface area (Å²) in [6, 6.07) is 5.31. The Morgan fingerprint density at radius 1 is 1.11 bits per heavy atom. The summed E-state index contributed by atoms with van der Waals surface area (Å²) in [6.07, 6.45) is 5.57. The summed E-state index contributed by atoms with van der Waals surface area (Å²) >= 11 is 0. The molecule has 0 spiro atoms. The van der Waals surface area contributed by atoms with Gasteiger partial charge in [-0.05, 0) is 18.2 Å². The number of rotatable bonds is 5. The molecule has 0 radical (unpaired) electrons. The van der Waals surface area contributed by atoms with Crippen LogP contribution >= 0.6 is 0 Å². The predicted octanol–water partition coefficient (Wildman–Crippen LogP) is 0.797. The predicted molar refractivity (Wildman–Crippen MR) is 103 cm³/mol. The Kier molecular flexibility index (Phi) is 4.84. The molecule has 9 nitrogen and oxygen atoms in total. The number of aromatic nitrogens is 4. The van der Waals surface area contributed by atoms with Gasteiger partial charge in [0, 0.05) is 57.2 Å². The number of fused-ring (bicyclic) bond motifs is 1. The van der Waals surface area contributed by atoms with E-state index < -0.39 is 0 Å². The SMILES string of the molecule is O=C(CCN1CCN(c2cnccn2)CC1)Nc1ccc2[nH]c(=O)[nH]c2c1. The molecule has 3 N–H and O–H groups in total. The summed E-state index contributed by atoms with van der Waals surface area (Å²) < 4.78 is 0. The van der Waals surface area contributed by atoms with E-state index in [9.17, 15) is 9.59 Å². The van der Waals surface area contributed by atoms with E-state index in [4.69, 9.17) is 0 Å². The smallest absolute Gasteiger partial charge is 0.323 e. The molecule has 0 aliphatic carbocycles. The lowest BCUT2D eigenvalue weighted by Crippen LogP contribution is -2.47. The zero-order valence-electron chi connectivity index (χ0n) is 14.8. The van der Waals surface area contributed by atoms with E-state index in [1.54, 1.807) is 36.8 Å². The Bertz CT molecular complexity index is 974. The largest absolute Gasteiger partial charge is 0.353 e. The molecule has 140 valence electrons. The van der Waals surface area contributed by atoms with Gasteiger partial charge >= 0.3 is 5.69 Å². The lowest BCUT2D eigenvalue weighted by molar-refractivity contribution is -0.116. The normalized spacial score (nSPS) is 15.2. The van der Waals surface area contributed by atoms with Crippen LogP contribution in [0.25, 0.3) is 11.0 Å². The molecule has 1 aromatic carbocycles. The van der Waals surface area contributed by atoms with Crippen molar-refractivity contribution in [1.82, 2.24) is 24.8 Å². The molecule has 3 heterocycles. The van der Waals surface area contributed by atoms with Gasteiger partial charge in [-0.3, -0.25) is 14.7 Å². The minimum Gasteiger partial charge on any atom is -0.353 e. The van der Waals surface area contributed by atoms with E-state index in [-0.39, 0.29) is 11.6 Å². The molecule has 3 aromatic rings. The van der Waals surface area contributed by atoms with E-state index in [1.165, 1.54) is 0 Å². The third-order valence-electron chi connectivity index (χ3n) is 4.70. The van der Waals surface area contributed by atoms with E-state index in [2.05, 4.69) is 35.1 Å². The van der Waals surface area contributed by atoms with Crippen LogP contribution in [0.1, 0.15) is 6.42 Å². The van der Waals surface area contributed by atoms with Gasteiger partial charge < -0.3 is 20.2 Å². The van der Waals surface area contributed by atoms with Crippen molar-refractivity contribution in [2.75, 3.05) is 42.9 Å². The molecule has 2 aromatic heterocycles. The number of anilines is 2. The molecule has 0 atom stereocenters. The highest BCUT2D eigenvalue weighted by Crippen LogP contribution is 2.15. The summed E-state index contributed by atoms with van der Waals surface area (Å²) in [5.74, 6) is 0.858. The van der Waals surface area contributed by atoms with Crippen molar-refractivity contribution in [2.24, 2.45) is 0 Å². The van der Waals surface area contributed by atoms with Gasteiger partial charge in [-0.25, -0.2) is 9.78 Å². The van der Waals surface area contributed by atoms with Gasteiger partial charge in [0.15, 0.2) is 0 Å². The fourth-order valence-corrected chi connectivity index (χ4v) is 3.25. The number of imidazole rings is 1. The van der Waals surface area contributed by atoms with Crippen LogP contribution in [0.4, 0.5) is 11.5 Å². The second-order valence-corrected chi connectivity index (χ2v) is 6.53. The lowest BCUT2D eigenvalue weighted by Gasteiger charge is -2.35. The van der Waals surface area contributed by atoms with Crippen molar-refractivity contribution in [1.29, 1.82) is 0 Å². The first-order valence-electron chi connectivity index (χ1n) is 8.92. The highest BCUT2D eigenvalue weighted by Gasteiger charge is 2.18. The maximum absolute atomic E-state index is 12.2. The number of aromatic amines is 2. The second-order valence-electron chi connectivity index (χ2n) is 6.53. The number of amides is 1. The Morgan fingerprint density at radius 3 is 2.70 bits per heavy atom. The van der Waals surface area contributed by atoms with Gasteiger partial charge in [0.2, 0.25) is 5.91 Å². The number of H-pyrrole nitrogens is 2. The van der Waals surface area contributed by atoms with Crippen LogP contribution in [0, 0.1) is 0 Å². The number of nitrogens with one attached hydrogen (secondary N) is 3. The number of hydrogen-bond acceptors (Lipinski definition) is 6. The second kappa shape index (κ2) is 7.58. The molecule has 9 heteroatoms. The molecule has 1 saturated heterocycles. The molecule has 27 heavy (non-hydrogen) atoms. The number of carbonyl (C=O) groups excluding carboxylic acids is 1. The van der Waals surface area contributed by atoms with Crippen LogP contribution in [0.5, 0.6) is 0 Å². The van der Waals surface area contributed by atoms with Crippen LogP contribution < -0.4 is 15.9 Å². The Labute approximate surface area is 155 Å². The molecule has 1 fully saturated rings. The first kappa shape index (κ1) is 17.2. The molecule has 0 saturated carbocycles. The lowest BCUT2D eigenvalue weighted by atomic mass is 10.2. The summed E-state index contributed by atoms with van der Waals surface area (Å²) in [6.45, 7) is 4.24. The van der Waals surface area contributed by atoms with Gasteiger partial charge in [0.1, 0.15) is 5.82 Å². The van der Waals surface area contributed by atoms with Crippen LogP contribution in [-0.4, -0.2) is 63.5 Å². The van der Waals surface area contributed by atoms with Crippen LogP contribution in [0.15, 0.2) is 41.6 Å². The third-order valence-corrected chi connectivity index (χ3v) is 4.70. The van der Waals surface area contributed by atoms with E-state index in [0.717, 1.165) is 37.5 Å². The number of hydrogen-bond donors (Lipinski definition) is 3. The highest BCUT2D eigenvalue weighted by molar-refractivity contribution is 5.93. The van der Waals surface area contributed by atoms with E-state index in [0.29, 0.717) is 24.2 Å². The minimum absolute atomic E-state index is 0.0383. The first-order valence-corrected chi connectivity index (χ1v) is 8.92. The minimum atomic E-state index is -0.255. The van der Waals surface area contributed by atoms with Gasteiger partial charge in [-0.2, -0.15) is 0 Å². The summed E-state index contributed by atoms with van der Waals surface area (Å²) in [4.78, 5) is 41.8. The summed E-state index contributed by atoms with van der Waals surface area (Å²) in [5, 5.41) is 2.89. The maximum Gasteiger partial charge on any atom is 0.323 e. The van der Waals surface area contributed by atoms with Crippen molar-refractivity contribution >= 4 is 28.4 Å². The Morgan fingerprint density at radius 2 is 1.93 bits per heavy atom. The molecule has 0 unspecified atom stereocenters. The zero-order chi connectivity index (χ0) is 18.6. The molecule has 1 aliphatic heterocycles. The fraction of sp³-hybridized carbons (Fsp3) is 0.333. The zero-order valence-corrected chi connectivity index (χ0v) is 14.8. The molecule has 4 rings (SSSR count). The number of nitrogens with zero attached hydrogens (tertiary/aromatic N) is 4. The van der Waals surface area contributed by atoms with E-state index in [1.807, 2.05) is 0 Å². The monoisotopic (exact) mass is 367 g/mol. The quantitative estimate of drug-likeness (QED) is 0.615. The fourth-order valence-electron chi connectivity index (χ4n) is 3.25. The van der Waals surface area contributed by atoms with Crippen LogP contribution in [-0.2, 0) is 4.79 Å². The highest BCUT2D eigenvalue weighted by atomic mass is 16.1. The van der Waals surface area contributed by atoms with Crippen LogP contribution in [0.3, 0.4) is 0 Å². The van der Waals surface area contributed by atoms with Crippen molar-refractivity contribution in [3.63, 3.8) is 0 Å². The standard InChI is InChI=1S/C18H21N7O2/c26-17(21-13-1-2-14-15(11-13)23-18(27)22-14)3-6-24-7-9-25(10-8-24)16-12-19-4-5-20-16/h1-2,4-5,11-12H,3,6-10H2,(H,21,26)(H2,22,23,27). The van der Waals surface area contributed by atoms with Gasteiger partial charge in [-0.1, -0.05) is 0 Å². The maximum atomic E-state index is 12.2. The molecular formula is C18H21N7O2. The van der Waals surface area contributed by atoms with Gasteiger partial charge in [-0.15, -0.1) is 0 Å². The average Bonchev–Trinajstić information content (AvgIpc) is 3.07. The molecule has 0 bridgehead atoms. The van der Waals surface area contributed by atoms with Crippen molar-refractivity contribution in [3.05, 3.63) is 47.3 Å². The average molecular weight is 367 g/mol. The Balaban J connectivity index is 1.25. The molecular weight excluding hydrogens is 346 g/mol. The Hall–Kier alpha value is -3.20. The third kappa shape index (κ3) is 4.14. The number of benzene rings is 1. The van der Waals surface area contributed by atoms with Crippen LogP contribution in [0.2, 0.25) is 0 Å². The summed E-state index contributed by atoms with van der Waals surface area (Å²) in [7, 11) is 0. The number of piperazine rings is 1. The van der Waals surface area contributed by atoms with Crippen molar-refractivity contribution < 1.29 is 4.79 Å². The van der Waals surface area contributed by atoms with E-state index >= 15 is 0 Å². The first-order chi connectivity index (χ1) is 13.2. The van der Waals surface area contributed by atoms with Crippen molar-refractivity contribution in [2.45, 2.75) is 6.42 Å². The van der Waals surface area contributed by atoms with Gasteiger partial charge in [0.25, 0.3) is 0 Å². The summed E-state index contributed by atoms with van der Waals surface area (Å²) in [5.41, 5.74) is 1.82. The topological polar surface area (TPSA) is 110 Å². The molecule has 1 aliphatic rings. The van der Waals surface area contributed by atoms with Crippen molar-refractivity contribution in [3.8, 4) is 0 Å².